The molecule has 0 aliphatic rings. The van der Waals surface area contributed by atoms with Crippen molar-refractivity contribution in [3.8, 4) is 0 Å². The predicted octanol–water partition coefficient (Wildman–Crippen LogP) is 0.830. The molecule has 1 amide bonds. The summed E-state index contributed by atoms with van der Waals surface area (Å²) in [6.07, 6.45) is 4.56. The molecule has 5 nitrogen and oxygen atoms in total. The van der Waals surface area contributed by atoms with Crippen LogP contribution < -0.4 is 5.32 Å². The Hall–Kier alpha value is -1.39. The SMILES string of the molecule is CC(C)CCNC(=O)CCn1cncn1. The van der Waals surface area contributed by atoms with Gasteiger partial charge in [-0.25, -0.2) is 4.98 Å². The third-order valence-corrected chi connectivity index (χ3v) is 2.08. The van der Waals surface area contributed by atoms with Crippen LogP contribution in [0.4, 0.5) is 0 Å². The van der Waals surface area contributed by atoms with Gasteiger partial charge in [-0.15, -0.1) is 0 Å². The standard InChI is InChI=1S/C10H18N4O/c1-9(2)3-5-12-10(15)4-6-14-8-11-7-13-14/h7-9H,3-6H2,1-2H3,(H,12,15). The normalized spacial score (nSPS) is 10.6. The molecule has 0 fully saturated rings. The monoisotopic (exact) mass is 210 g/mol. The van der Waals surface area contributed by atoms with Crippen LogP contribution in [-0.4, -0.2) is 27.2 Å². The molecule has 0 atom stereocenters. The first-order valence-electron chi connectivity index (χ1n) is 5.27. The van der Waals surface area contributed by atoms with Gasteiger partial charge < -0.3 is 5.32 Å². The Bertz CT molecular complexity index is 282. The Balaban J connectivity index is 2.09. The number of hydrogen-bond donors (Lipinski definition) is 1. The minimum Gasteiger partial charge on any atom is -0.356 e. The highest BCUT2D eigenvalue weighted by Crippen LogP contribution is 1.96. The molecule has 0 bridgehead atoms. The molecule has 1 aromatic heterocycles. The van der Waals surface area contributed by atoms with Crippen LogP contribution in [-0.2, 0) is 11.3 Å². The van der Waals surface area contributed by atoms with Crippen molar-refractivity contribution in [2.24, 2.45) is 5.92 Å². The van der Waals surface area contributed by atoms with Gasteiger partial charge in [0, 0.05) is 13.0 Å². The van der Waals surface area contributed by atoms with Crippen molar-refractivity contribution < 1.29 is 4.79 Å². The van der Waals surface area contributed by atoms with Gasteiger partial charge in [-0.1, -0.05) is 13.8 Å². The highest BCUT2D eigenvalue weighted by atomic mass is 16.1. The Morgan fingerprint density at radius 3 is 2.93 bits per heavy atom. The second-order valence-electron chi connectivity index (χ2n) is 3.94. The van der Waals surface area contributed by atoms with E-state index in [1.807, 2.05) is 0 Å². The van der Waals surface area contributed by atoms with Gasteiger partial charge in [0.15, 0.2) is 0 Å². The number of rotatable bonds is 6. The van der Waals surface area contributed by atoms with Crippen LogP contribution in [0.1, 0.15) is 26.7 Å². The van der Waals surface area contributed by atoms with Crippen LogP contribution in [0.25, 0.3) is 0 Å². The number of nitrogens with one attached hydrogen (secondary N) is 1. The van der Waals surface area contributed by atoms with E-state index in [1.165, 1.54) is 6.33 Å². The summed E-state index contributed by atoms with van der Waals surface area (Å²) < 4.78 is 1.65. The molecule has 0 aliphatic carbocycles. The third kappa shape index (κ3) is 5.15. The van der Waals surface area contributed by atoms with Crippen molar-refractivity contribution >= 4 is 5.91 Å². The maximum absolute atomic E-state index is 11.3. The Morgan fingerprint density at radius 2 is 2.33 bits per heavy atom. The van der Waals surface area contributed by atoms with Crippen molar-refractivity contribution in [1.82, 2.24) is 20.1 Å². The molecule has 0 aromatic carbocycles. The molecule has 1 rings (SSSR count). The number of amides is 1. The molecule has 0 unspecified atom stereocenters. The molecular weight excluding hydrogens is 192 g/mol. The highest BCUT2D eigenvalue weighted by molar-refractivity contribution is 5.75. The molecule has 5 heteroatoms. The highest BCUT2D eigenvalue weighted by Gasteiger charge is 2.02. The number of nitrogens with zero attached hydrogens (tertiary/aromatic N) is 3. The lowest BCUT2D eigenvalue weighted by molar-refractivity contribution is -0.121. The summed E-state index contributed by atoms with van der Waals surface area (Å²) >= 11 is 0. The van der Waals surface area contributed by atoms with E-state index in [2.05, 4.69) is 29.2 Å². The average Bonchev–Trinajstić information content (AvgIpc) is 2.66. The van der Waals surface area contributed by atoms with E-state index >= 15 is 0 Å². The summed E-state index contributed by atoms with van der Waals surface area (Å²) in [6.45, 7) is 5.63. The summed E-state index contributed by atoms with van der Waals surface area (Å²) in [5.74, 6) is 0.701. The average molecular weight is 210 g/mol. The fourth-order valence-electron chi connectivity index (χ4n) is 1.15. The molecular formula is C10H18N4O. The smallest absolute Gasteiger partial charge is 0.221 e. The van der Waals surface area contributed by atoms with Gasteiger partial charge in [0.2, 0.25) is 5.91 Å². The Kier molecular flexibility index (Phi) is 4.80. The first-order valence-corrected chi connectivity index (χ1v) is 5.27. The van der Waals surface area contributed by atoms with Gasteiger partial charge in [-0.2, -0.15) is 5.10 Å². The Labute approximate surface area is 89.9 Å². The summed E-state index contributed by atoms with van der Waals surface area (Å²) in [5, 5.41) is 6.80. The maximum atomic E-state index is 11.3. The van der Waals surface area contributed by atoms with E-state index in [-0.39, 0.29) is 5.91 Å². The van der Waals surface area contributed by atoms with Gasteiger partial charge in [0.05, 0.1) is 6.54 Å². The fourth-order valence-corrected chi connectivity index (χ4v) is 1.15. The predicted molar refractivity (Wildman–Crippen MR) is 57.1 cm³/mol. The molecule has 1 N–H and O–H groups in total. The van der Waals surface area contributed by atoms with Gasteiger partial charge in [-0.3, -0.25) is 9.48 Å². The molecule has 1 heterocycles. The lowest BCUT2D eigenvalue weighted by atomic mass is 10.1. The summed E-state index contributed by atoms with van der Waals surface area (Å²) in [6, 6.07) is 0. The van der Waals surface area contributed by atoms with Gasteiger partial charge in [-0.05, 0) is 12.3 Å². The van der Waals surface area contributed by atoms with E-state index in [1.54, 1.807) is 11.0 Å². The first-order chi connectivity index (χ1) is 7.18. The van der Waals surface area contributed by atoms with Crippen LogP contribution in [0.15, 0.2) is 12.7 Å². The second-order valence-corrected chi connectivity index (χ2v) is 3.94. The summed E-state index contributed by atoms with van der Waals surface area (Å²) in [4.78, 5) is 15.2. The number of aryl methyl sites for hydroxylation is 1. The maximum Gasteiger partial charge on any atom is 0.221 e. The zero-order valence-electron chi connectivity index (χ0n) is 9.31. The van der Waals surface area contributed by atoms with Gasteiger partial charge >= 0.3 is 0 Å². The molecule has 0 aliphatic heterocycles. The minimum atomic E-state index is 0.0751. The second kappa shape index (κ2) is 6.16. The first kappa shape index (κ1) is 11.7. The number of carbonyl (C=O) groups is 1. The van der Waals surface area contributed by atoms with Gasteiger partial charge in [0.1, 0.15) is 12.7 Å². The van der Waals surface area contributed by atoms with E-state index in [0.29, 0.717) is 18.9 Å². The number of carbonyl (C=O) groups excluding carboxylic acids is 1. The molecule has 84 valence electrons. The van der Waals surface area contributed by atoms with E-state index < -0.39 is 0 Å². The fraction of sp³-hybridized carbons (Fsp3) is 0.700. The van der Waals surface area contributed by atoms with Crippen molar-refractivity contribution in [2.45, 2.75) is 33.2 Å². The topological polar surface area (TPSA) is 59.8 Å². The van der Waals surface area contributed by atoms with Crippen LogP contribution in [0.5, 0.6) is 0 Å². The molecule has 0 saturated carbocycles. The molecule has 1 aromatic rings. The van der Waals surface area contributed by atoms with Crippen molar-refractivity contribution in [2.75, 3.05) is 6.54 Å². The van der Waals surface area contributed by atoms with Crippen molar-refractivity contribution in [1.29, 1.82) is 0 Å². The van der Waals surface area contributed by atoms with E-state index in [9.17, 15) is 4.79 Å². The lowest BCUT2D eigenvalue weighted by Crippen LogP contribution is -2.26. The van der Waals surface area contributed by atoms with Crippen molar-refractivity contribution in [3.63, 3.8) is 0 Å². The zero-order chi connectivity index (χ0) is 11.1. The van der Waals surface area contributed by atoms with Gasteiger partial charge in [0.25, 0.3) is 0 Å². The van der Waals surface area contributed by atoms with Crippen LogP contribution in [0, 0.1) is 5.92 Å². The molecule has 0 radical (unpaired) electrons. The van der Waals surface area contributed by atoms with E-state index in [4.69, 9.17) is 0 Å². The summed E-state index contributed by atoms with van der Waals surface area (Å²) in [5.41, 5.74) is 0. The number of hydrogen-bond acceptors (Lipinski definition) is 3. The quantitative estimate of drug-likeness (QED) is 0.756. The zero-order valence-corrected chi connectivity index (χ0v) is 9.31. The molecule has 0 spiro atoms. The van der Waals surface area contributed by atoms with Crippen LogP contribution in [0.3, 0.4) is 0 Å². The summed E-state index contributed by atoms with van der Waals surface area (Å²) in [7, 11) is 0. The largest absolute Gasteiger partial charge is 0.356 e. The van der Waals surface area contributed by atoms with Crippen molar-refractivity contribution in [3.05, 3.63) is 12.7 Å². The third-order valence-electron chi connectivity index (χ3n) is 2.08. The van der Waals surface area contributed by atoms with Crippen LogP contribution >= 0.6 is 0 Å². The molecule has 15 heavy (non-hydrogen) atoms. The minimum absolute atomic E-state index is 0.0751. The van der Waals surface area contributed by atoms with Crippen LogP contribution in [0.2, 0.25) is 0 Å². The van der Waals surface area contributed by atoms with E-state index in [0.717, 1.165) is 13.0 Å². The molecule has 0 saturated heterocycles. The number of aromatic nitrogens is 3. The Morgan fingerprint density at radius 1 is 1.53 bits per heavy atom. The lowest BCUT2D eigenvalue weighted by Gasteiger charge is -2.06.